The molecule has 0 saturated carbocycles. The molecule has 0 spiro atoms. The summed E-state index contributed by atoms with van der Waals surface area (Å²) in [4.78, 5) is 13.3. The van der Waals surface area contributed by atoms with E-state index in [0.29, 0.717) is 30.1 Å². The van der Waals surface area contributed by atoms with Gasteiger partial charge in [0.2, 0.25) is 0 Å². The highest BCUT2D eigenvalue weighted by Crippen LogP contribution is 2.23. The van der Waals surface area contributed by atoms with Crippen LogP contribution in [-0.4, -0.2) is 27.4 Å². The van der Waals surface area contributed by atoms with Crippen LogP contribution in [0, 0.1) is 20.8 Å². The van der Waals surface area contributed by atoms with Crippen molar-refractivity contribution in [1.29, 1.82) is 0 Å². The Kier molecular flexibility index (Phi) is 4.29. The third kappa shape index (κ3) is 3.19. The third-order valence-corrected chi connectivity index (χ3v) is 4.52. The smallest absolute Gasteiger partial charge is 0.256 e. The minimum atomic E-state index is -0.162. The first-order valence-corrected chi connectivity index (χ1v) is 8.23. The van der Waals surface area contributed by atoms with E-state index in [0.717, 1.165) is 16.3 Å². The molecule has 1 N–H and O–H groups in total. The van der Waals surface area contributed by atoms with E-state index in [1.54, 1.807) is 25.2 Å². The van der Waals surface area contributed by atoms with Crippen LogP contribution in [0.3, 0.4) is 0 Å². The van der Waals surface area contributed by atoms with Gasteiger partial charge in [-0.05, 0) is 38.3 Å². The number of hydrogen-bond acceptors (Lipinski definition) is 5. The highest BCUT2D eigenvalue weighted by molar-refractivity contribution is 7.13. The van der Waals surface area contributed by atoms with E-state index in [9.17, 15) is 4.79 Å². The number of hydrogen-bond donors (Lipinski definition) is 1. The maximum absolute atomic E-state index is 12.2. The van der Waals surface area contributed by atoms with Gasteiger partial charge in [-0.3, -0.25) is 9.48 Å². The fourth-order valence-corrected chi connectivity index (χ4v) is 3.13. The maximum atomic E-state index is 12.2. The lowest BCUT2D eigenvalue weighted by Gasteiger charge is -2.06. The van der Waals surface area contributed by atoms with Gasteiger partial charge < -0.3 is 9.84 Å². The molecule has 7 heteroatoms. The molecule has 0 aliphatic rings. The average Bonchev–Trinajstić information content (AvgIpc) is 3.21. The van der Waals surface area contributed by atoms with E-state index in [-0.39, 0.29) is 5.91 Å². The molecule has 0 fully saturated rings. The zero-order valence-electron chi connectivity index (χ0n) is 13.3. The molecule has 6 nitrogen and oxygen atoms in total. The lowest BCUT2D eigenvalue weighted by atomic mass is 10.2. The van der Waals surface area contributed by atoms with Crippen LogP contribution in [0.15, 0.2) is 28.1 Å². The van der Waals surface area contributed by atoms with Gasteiger partial charge in [0, 0.05) is 12.2 Å². The van der Waals surface area contributed by atoms with Crippen molar-refractivity contribution in [2.75, 3.05) is 6.54 Å². The van der Waals surface area contributed by atoms with Crippen molar-refractivity contribution in [2.45, 2.75) is 27.3 Å². The van der Waals surface area contributed by atoms with Gasteiger partial charge in [0.05, 0.1) is 17.1 Å². The number of rotatable bonds is 5. The Hall–Kier alpha value is -2.41. The highest BCUT2D eigenvalue weighted by Gasteiger charge is 2.17. The van der Waals surface area contributed by atoms with Crippen LogP contribution in [0.25, 0.3) is 10.6 Å². The SMILES string of the molecule is Cc1noc(C)c1C(=O)NCCn1nc(-c2cccs2)cc1C. The molecule has 3 aromatic rings. The van der Waals surface area contributed by atoms with Gasteiger partial charge in [-0.2, -0.15) is 5.10 Å². The Morgan fingerprint density at radius 1 is 1.39 bits per heavy atom. The summed E-state index contributed by atoms with van der Waals surface area (Å²) in [5, 5.41) is 13.3. The van der Waals surface area contributed by atoms with Crippen LogP contribution >= 0.6 is 11.3 Å². The first-order valence-electron chi connectivity index (χ1n) is 7.35. The number of aromatic nitrogens is 3. The topological polar surface area (TPSA) is 73.0 Å². The lowest BCUT2D eigenvalue weighted by Crippen LogP contribution is -2.28. The van der Waals surface area contributed by atoms with Crippen LogP contribution in [0.1, 0.15) is 27.5 Å². The van der Waals surface area contributed by atoms with E-state index < -0.39 is 0 Å². The van der Waals surface area contributed by atoms with Crippen molar-refractivity contribution >= 4 is 17.2 Å². The Morgan fingerprint density at radius 2 is 2.22 bits per heavy atom. The summed E-state index contributed by atoms with van der Waals surface area (Å²) in [5.41, 5.74) is 3.16. The average molecular weight is 330 g/mol. The second kappa shape index (κ2) is 6.37. The fourth-order valence-electron chi connectivity index (χ4n) is 2.45. The van der Waals surface area contributed by atoms with Crippen molar-refractivity contribution in [3.8, 4) is 10.6 Å². The van der Waals surface area contributed by atoms with Crippen molar-refractivity contribution in [1.82, 2.24) is 20.3 Å². The standard InChI is InChI=1S/C16H18N4O2S/c1-10-9-13(14-5-4-8-23-14)18-20(10)7-6-17-16(21)15-11(2)19-22-12(15)3/h4-5,8-9H,6-7H2,1-3H3,(H,17,21). The molecular weight excluding hydrogens is 312 g/mol. The third-order valence-electron chi connectivity index (χ3n) is 3.62. The van der Waals surface area contributed by atoms with Crippen LogP contribution in [-0.2, 0) is 6.54 Å². The predicted octanol–water partition coefficient (Wildman–Crippen LogP) is 2.95. The van der Waals surface area contributed by atoms with Gasteiger partial charge in [0.1, 0.15) is 17.0 Å². The van der Waals surface area contributed by atoms with E-state index in [1.165, 1.54) is 0 Å². The van der Waals surface area contributed by atoms with Crippen molar-refractivity contribution in [3.63, 3.8) is 0 Å². The molecule has 0 unspecified atom stereocenters. The molecule has 3 heterocycles. The minimum absolute atomic E-state index is 0.162. The second-order valence-corrected chi connectivity index (χ2v) is 6.27. The quantitative estimate of drug-likeness (QED) is 0.780. The molecule has 0 aromatic carbocycles. The summed E-state index contributed by atoms with van der Waals surface area (Å²) in [6.45, 7) is 6.62. The lowest BCUT2D eigenvalue weighted by molar-refractivity contribution is 0.0950. The number of carbonyl (C=O) groups is 1. The van der Waals surface area contributed by atoms with Crippen LogP contribution in [0.2, 0.25) is 0 Å². The number of thiophene rings is 1. The molecule has 0 radical (unpaired) electrons. The highest BCUT2D eigenvalue weighted by atomic mass is 32.1. The number of nitrogens with one attached hydrogen (secondary N) is 1. The van der Waals surface area contributed by atoms with E-state index in [4.69, 9.17) is 4.52 Å². The molecule has 3 aromatic heterocycles. The maximum Gasteiger partial charge on any atom is 0.256 e. The molecule has 0 saturated heterocycles. The normalized spacial score (nSPS) is 10.9. The van der Waals surface area contributed by atoms with E-state index in [1.807, 2.05) is 23.1 Å². The van der Waals surface area contributed by atoms with Gasteiger partial charge in [-0.15, -0.1) is 11.3 Å². The fraction of sp³-hybridized carbons (Fsp3) is 0.312. The number of nitrogens with zero attached hydrogens (tertiary/aromatic N) is 3. The second-order valence-electron chi connectivity index (χ2n) is 5.33. The largest absolute Gasteiger partial charge is 0.361 e. The van der Waals surface area contributed by atoms with Gasteiger partial charge >= 0.3 is 0 Å². The van der Waals surface area contributed by atoms with Crippen molar-refractivity contribution in [3.05, 3.63) is 46.3 Å². The number of amides is 1. The predicted molar refractivity (Wildman–Crippen MR) is 88.6 cm³/mol. The number of aryl methyl sites for hydroxylation is 3. The van der Waals surface area contributed by atoms with E-state index in [2.05, 4.69) is 27.7 Å². The first-order chi connectivity index (χ1) is 11.1. The molecule has 0 aliphatic carbocycles. The van der Waals surface area contributed by atoms with Crippen LogP contribution in [0.5, 0.6) is 0 Å². The molecule has 3 rings (SSSR count). The minimum Gasteiger partial charge on any atom is -0.361 e. The summed E-state index contributed by atoms with van der Waals surface area (Å²) in [6.07, 6.45) is 0. The Morgan fingerprint density at radius 3 is 2.87 bits per heavy atom. The molecule has 120 valence electrons. The van der Waals surface area contributed by atoms with Crippen molar-refractivity contribution in [2.24, 2.45) is 0 Å². The Bertz CT molecular complexity index is 798. The van der Waals surface area contributed by atoms with Gasteiger partial charge in [0.15, 0.2) is 0 Å². The Balaban J connectivity index is 1.62. The zero-order chi connectivity index (χ0) is 16.4. The molecule has 1 amide bonds. The van der Waals surface area contributed by atoms with Crippen LogP contribution in [0.4, 0.5) is 0 Å². The zero-order valence-corrected chi connectivity index (χ0v) is 14.1. The van der Waals surface area contributed by atoms with Crippen molar-refractivity contribution < 1.29 is 9.32 Å². The summed E-state index contributed by atoms with van der Waals surface area (Å²) in [7, 11) is 0. The molecular formula is C16H18N4O2S. The Labute approximate surface area is 138 Å². The summed E-state index contributed by atoms with van der Waals surface area (Å²) < 4.78 is 6.92. The van der Waals surface area contributed by atoms with Crippen LogP contribution < -0.4 is 5.32 Å². The van der Waals surface area contributed by atoms with Gasteiger partial charge in [-0.1, -0.05) is 11.2 Å². The van der Waals surface area contributed by atoms with E-state index >= 15 is 0 Å². The molecule has 0 bridgehead atoms. The molecule has 0 atom stereocenters. The van der Waals surface area contributed by atoms with Gasteiger partial charge in [0.25, 0.3) is 5.91 Å². The summed E-state index contributed by atoms with van der Waals surface area (Å²) in [5.74, 6) is 0.375. The molecule has 0 aliphatic heterocycles. The monoisotopic (exact) mass is 330 g/mol. The van der Waals surface area contributed by atoms with Gasteiger partial charge in [-0.25, -0.2) is 0 Å². The summed E-state index contributed by atoms with van der Waals surface area (Å²) in [6, 6.07) is 6.12. The first kappa shape index (κ1) is 15.5. The molecule has 23 heavy (non-hydrogen) atoms. The number of carbonyl (C=O) groups excluding carboxylic acids is 1. The summed E-state index contributed by atoms with van der Waals surface area (Å²) >= 11 is 1.67.